The SMILES string of the molecule is C[NH+](C)Cc1ccccc1CNC(=O)CN1C(=O)COc2ccc([N+](=O)[O-])cc21. The summed E-state index contributed by atoms with van der Waals surface area (Å²) in [5, 5.41) is 13.9. The minimum atomic E-state index is -0.554. The molecule has 1 heterocycles. The lowest BCUT2D eigenvalue weighted by atomic mass is 10.1. The number of nitrogens with zero attached hydrogens (tertiary/aromatic N) is 2. The molecule has 1 aliphatic rings. The van der Waals surface area contributed by atoms with Crippen molar-refractivity contribution in [1.82, 2.24) is 5.32 Å². The molecule has 0 atom stereocenters. The Morgan fingerprint density at radius 3 is 2.66 bits per heavy atom. The van der Waals surface area contributed by atoms with Crippen molar-refractivity contribution in [3.63, 3.8) is 0 Å². The summed E-state index contributed by atoms with van der Waals surface area (Å²) in [6, 6.07) is 11.8. The number of carbonyl (C=O) groups is 2. The molecule has 2 N–H and O–H groups in total. The third-order valence-electron chi connectivity index (χ3n) is 4.54. The molecule has 3 rings (SSSR count). The maximum absolute atomic E-state index is 12.5. The fourth-order valence-corrected chi connectivity index (χ4v) is 3.15. The van der Waals surface area contributed by atoms with Gasteiger partial charge in [-0.3, -0.25) is 24.6 Å². The second kappa shape index (κ2) is 8.70. The van der Waals surface area contributed by atoms with Crippen LogP contribution in [0.2, 0.25) is 0 Å². The van der Waals surface area contributed by atoms with Crippen LogP contribution >= 0.6 is 0 Å². The highest BCUT2D eigenvalue weighted by atomic mass is 16.6. The zero-order valence-corrected chi connectivity index (χ0v) is 16.3. The van der Waals surface area contributed by atoms with Crippen molar-refractivity contribution in [3.05, 3.63) is 63.7 Å². The fourth-order valence-electron chi connectivity index (χ4n) is 3.15. The predicted octanol–water partition coefficient (Wildman–Crippen LogP) is 0.281. The number of amides is 2. The predicted molar refractivity (Wildman–Crippen MR) is 106 cm³/mol. The van der Waals surface area contributed by atoms with E-state index in [1.165, 1.54) is 28.0 Å². The van der Waals surface area contributed by atoms with Crippen molar-refractivity contribution in [3.8, 4) is 5.75 Å². The lowest BCUT2D eigenvalue weighted by Crippen LogP contribution is -3.04. The Morgan fingerprint density at radius 2 is 1.97 bits per heavy atom. The van der Waals surface area contributed by atoms with E-state index in [0.717, 1.165) is 17.7 Å². The van der Waals surface area contributed by atoms with Gasteiger partial charge in [-0.25, -0.2) is 0 Å². The van der Waals surface area contributed by atoms with E-state index in [0.29, 0.717) is 12.3 Å². The van der Waals surface area contributed by atoms with Crippen molar-refractivity contribution in [2.75, 3.05) is 32.1 Å². The van der Waals surface area contributed by atoms with Gasteiger partial charge in [0.05, 0.1) is 24.7 Å². The second-order valence-electron chi connectivity index (χ2n) is 7.11. The molecule has 1 aliphatic heterocycles. The molecule has 2 aromatic rings. The van der Waals surface area contributed by atoms with E-state index in [2.05, 4.69) is 19.4 Å². The first kappa shape index (κ1) is 20.3. The van der Waals surface area contributed by atoms with Crippen LogP contribution in [0.1, 0.15) is 11.1 Å². The van der Waals surface area contributed by atoms with E-state index < -0.39 is 10.8 Å². The first-order valence-electron chi connectivity index (χ1n) is 9.19. The van der Waals surface area contributed by atoms with E-state index in [1.807, 2.05) is 24.3 Å². The Labute approximate surface area is 168 Å². The lowest BCUT2D eigenvalue weighted by molar-refractivity contribution is -0.872. The van der Waals surface area contributed by atoms with Gasteiger partial charge in [0.2, 0.25) is 5.91 Å². The van der Waals surface area contributed by atoms with Gasteiger partial charge in [0.25, 0.3) is 11.6 Å². The molecule has 152 valence electrons. The van der Waals surface area contributed by atoms with Crippen LogP contribution in [-0.4, -0.2) is 44.0 Å². The van der Waals surface area contributed by atoms with E-state index in [9.17, 15) is 19.7 Å². The van der Waals surface area contributed by atoms with Crippen LogP contribution in [0.3, 0.4) is 0 Å². The van der Waals surface area contributed by atoms with Gasteiger partial charge < -0.3 is 15.0 Å². The van der Waals surface area contributed by atoms with Gasteiger partial charge in [0, 0.05) is 24.2 Å². The number of anilines is 1. The number of nitro benzene ring substituents is 1. The van der Waals surface area contributed by atoms with E-state index in [1.54, 1.807) is 0 Å². The Morgan fingerprint density at radius 1 is 1.24 bits per heavy atom. The third-order valence-corrected chi connectivity index (χ3v) is 4.54. The molecule has 9 heteroatoms. The molecule has 0 unspecified atom stereocenters. The standard InChI is InChI=1S/C20H22N4O5/c1-22(2)11-15-6-4-3-5-14(15)10-21-19(25)12-23-17-9-16(24(27)28)7-8-18(17)29-13-20(23)26/h3-9H,10-13H2,1-2H3,(H,21,25)/p+1. The summed E-state index contributed by atoms with van der Waals surface area (Å²) in [6.07, 6.45) is 0. The molecule has 0 spiro atoms. The first-order valence-corrected chi connectivity index (χ1v) is 9.19. The van der Waals surface area contributed by atoms with Crippen molar-refractivity contribution in [1.29, 1.82) is 0 Å². The normalized spacial score (nSPS) is 13.1. The number of quaternary nitrogens is 1. The fraction of sp³-hybridized carbons (Fsp3) is 0.300. The van der Waals surface area contributed by atoms with Crippen LogP contribution in [0.15, 0.2) is 42.5 Å². The summed E-state index contributed by atoms with van der Waals surface area (Å²) in [6.45, 7) is 0.706. The molecule has 2 amide bonds. The van der Waals surface area contributed by atoms with Gasteiger partial charge in [-0.05, 0) is 11.6 Å². The summed E-state index contributed by atoms with van der Waals surface area (Å²) in [5.41, 5.74) is 2.19. The number of benzene rings is 2. The molecule has 0 radical (unpaired) electrons. The number of non-ortho nitro benzene ring substituents is 1. The summed E-state index contributed by atoms with van der Waals surface area (Å²) in [4.78, 5) is 37.8. The maximum Gasteiger partial charge on any atom is 0.271 e. The molecular formula is C20H23N4O5+. The van der Waals surface area contributed by atoms with Gasteiger partial charge in [-0.2, -0.15) is 0 Å². The maximum atomic E-state index is 12.5. The number of fused-ring (bicyclic) bond motifs is 1. The van der Waals surface area contributed by atoms with Crippen molar-refractivity contribution < 1.29 is 24.1 Å². The molecule has 0 saturated carbocycles. The number of carbonyl (C=O) groups excluding carboxylic acids is 2. The highest BCUT2D eigenvalue weighted by molar-refractivity contribution is 6.02. The molecule has 0 aromatic heterocycles. The van der Waals surface area contributed by atoms with Crippen LogP contribution in [0.5, 0.6) is 5.75 Å². The number of ether oxygens (including phenoxy) is 1. The largest absolute Gasteiger partial charge is 0.482 e. The molecule has 0 bridgehead atoms. The number of rotatable bonds is 7. The number of nitrogens with one attached hydrogen (secondary N) is 2. The van der Waals surface area contributed by atoms with Gasteiger partial charge in [-0.15, -0.1) is 0 Å². The average Bonchev–Trinajstić information content (AvgIpc) is 2.68. The molecule has 9 nitrogen and oxygen atoms in total. The average molecular weight is 399 g/mol. The van der Waals surface area contributed by atoms with E-state index in [-0.39, 0.29) is 30.4 Å². The van der Waals surface area contributed by atoms with Gasteiger partial charge in [0.1, 0.15) is 18.8 Å². The molecule has 0 aliphatic carbocycles. The van der Waals surface area contributed by atoms with Crippen LogP contribution < -0.4 is 19.9 Å². The quantitative estimate of drug-likeness (QED) is 0.514. The van der Waals surface area contributed by atoms with Crippen molar-refractivity contribution in [2.45, 2.75) is 13.1 Å². The van der Waals surface area contributed by atoms with Crippen LogP contribution in [-0.2, 0) is 22.7 Å². The molecule has 2 aromatic carbocycles. The highest BCUT2D eigenvalue weighted by Gasteiger charge is 2.29. The first-order chi connectivity index (χ1) is 13.8. The Hall–Kier alpha value is -3.46. The smallest absolute Gasteiger partial charge is 0.271 e. The Kier molecular flexibility index (Phi) is 6.08. The summed E-state index contributed by atoms with van der Waals surface area (Å²) in [5.74, 6) is -0.447. The summed E-state index contributed by atoms with van der Waals surface area (Å²) in [7, 11) is 4.10. The van der Waals surface area contributed by atoms with E-state index in [4.69, 9.17) is 4.74 Å². The van der Waals surface area contributed by atoms with Gasteiger partial charge in [0.15, 0.2) is 6.61 Å². The van der Waals surface area contributed by atoms with Crippen LogP contribution in [0, 0.1) is 10.1 Å². The Bertz CT molecular complexity index is 944. The molecule has 29 heavy (non-hydrogen) atoms. The number of hydrogen-bond acceptors (Lipinski definition) is 5. The topological polar surface area (TPSA) is 106 Å². The minimum Gasteiger partial charge on any atom is -0.482 e. The zero-order valence-electron chi connectivity index (χ0n) is 16.3. The zero-order chi connectivity index (χ0) is 21.0. The second-order valence-corrected chi connectivity index (χ2v) is 7.11. The van der Waals surface area contributed by atoms with Crippen LogP contribution in [0.4, 0.5) is 11.4 Å². The molecular weight excluding hydrogens is 376 g/mol. The van der Waals surface area contributed by atoms with Crippen molar-refractivity contribution >= 4 is 23.2 Å². The van der Waals surface area contributed by atoms with Gasteiger partial charge >= 0.3 is 0 Å². The minimum absolute atomic E-state index is 0.174. The number of nitro groups is 1. The van der Waals surface area contributed by atoms with Crippen molar-refractivity contribution in [2.24, 2.45) is 0 Å². The third kappa shape index (κ3) is 4.88. The Balaban J connectivity index is 1.71. The summed E-state index contributed by atoms with van der Waals surface area (Å²) < 4.78 is 5.32. The van der Waals surface area contributed by atoms with E-state index >= 15 is 0 Å². The lowest BCUT2D eigenvalue weighted by Gasteiger charge is -2.28. The summed E-state index contributed by atoms with van der Waals surface area (Å²) >= 11 is 0. The highest BCUT2D eigenvalue weighted by Crippen LogP contribution is 2.35. The number of hydrogen-bond donors (Lipinski definition) is 2. The molecule has 0 saturated heterocycles. The van der Waals surface area contributed by atoms with Gasteiger partial charge in [-0.1, -0.05) is 24.3 Å². The van der Waals surface area contributed by atoms with Crippen LogP contribution in [0.25, 0.3) is 0 Å². The molecule has 0 fully saturated rings. The monoisotopic (exact) mass is 399 g/mol.